The normalized spacial score (nSPS) is 11.7. The van der Waals surface area contributed by atoms with Crippen molar-refractivity contribution in [2.24, 2.45) is 0 Å². The summed E-state index contributed by atoms with van der Waals surface area (Å²) in [6.07, 6.45) is 1.72. The average Bonchev–Trinajstić information content (AvgIpc) is 2.90. The fourth-order valence-electron chi connectivity index (χ4n) is 1.38. The summed E-state index contributed by atoms with van der Waals surface area (Å²) in [6.45, 7) is 0.547. The van der Waals surface area contributed by atoms with Crippen molar-refractivity contribution >= 4 is 26.9 Å². The number of anilines is 1. The summed E-state index contributed by atoms with van der Waals surface area (Å²) >= 11 is 1.48. The third-order valence-electron chi connectivity index (χ3n) is 2.37. The highest BCUT2D eigenvalue weighted by Crippen LogP contribution is 2.20. The van der Waals surface area contributed by atoms with E-state index >= 15 is 0 Å². The summed E-state index contributed by atoms with van der Waals surface area (Å²) in [7, 11) is -4.52. The molecule has 1 aromatic heterocycles. The Kier molecular flexibility index (Phi) is 4.11. The van der Waals surface area contributed by atoms with Crippen LogP contribution in [0.25, 0.3) is 0 Å². The van der Waals surface area contributed by atoms with E-state index in [9.17, 15) is 17.2 Å². The Morgan fingerprint density at radius 3 is 2.47 bits per heavy atom. The molecular formula is C11H10F2N2O2S2. The van der Waals surface area contributed by atoms with Crippen LogP contribution in [0.1, 0.15) is 4.88 Å². The number of benzene rings is 1. The Bertz CT molecular complexity index is 625. The van der Waals surface area contributed by atoms with Gasteiger partial charge in [-0.3, -0.25) is 4.98 Å². The van der Waals surface area contributed by atoms with Crippen LogP contribution >= 0.6 is 11.3 Å². The van der Waals surface area contributed by atoms with Gasteiger partial charge in [-0.2, -0.15) is 8.78 Å². The molecule has 0 aliphatic rings. The second-order valence-electron chi connectivity index (χ2n) is 3.65. The van der Waals surface area contributed by atoms with Crippen LogP contribution in [-0.4, -0.2) is 19.2 Å². The number of hydrogen-bond donors (Lipinski definition) is 1. The molecule has 0 aliphatic carbocycles. The van der Waals surface area contributed by atoms with Crippen molar-refractivity contribution < 1.29 is 17.2 Å². The fraction of sp³-hybridized carbons (Fsp3) is 0.182. The Morgan fingerprint density at radius 1 is 1.26 bits per heavy atom. The Hall–Kier alpha value is -1.54. The molecule has 4 nitrogen and oxygen atoms in total. The maximum Gasteiger partial charge on any atom is 0.341 e. The van der Waals surface area contributed by atoms with E-state index in [1.807, 2.05) is 0 Å². The van der Waals surface area contributed by atoms with Crippen molar-refractivity contribution in [1.29, 1.82) is 0 Å². The minimum Gasteiger partial charge on any atom is -0.380 e. The zero-order valence-electron chi connectivity index (χ0n) is 9.58. The predicted octanol–water partition coefficient (Wildman–Crippen LogP) is 2.75. The summed E-state index contributed by atoms with van der Waals surface area (Å²) < 4.78 is 47.1. The van der Waals surface area contributed by atoms with Gasteiger partial charge in [-0.25, -0.2) is 8.42 Å². The van der Waals surface area contributed by atoms with Crippen LogP contribution in [0, 0.1) is 0 Å². The molecule has 19 heavy (non-hydrogen) atoms. The molecular weight excluding hydrogens is 294 g/mol. The summed E-state index contributed by atoms with van der Waals surface area (Å²) in [4.78, 5) is 4.55. The Morgan fingerprint density at radius 2 is 1.95 bits per heavy atom. The first-order chi connectivity index (χ1) is 9.00. The molecule has 0 saturated heterocycles. The van der Waals surface area contributed by atoms with Crippen LogP contribution < -0.4 is 5.32 Å². The average molecular weight is 304 g/mol. The molecule has 0 bridgehead atoms. The summed E-state index contributed by atoms with van der Waals surface area (Å²) in [5, 5.41) is 3.04. The summed E-state index contributed by atoms with van der Waals surface area (Å²) in [5.74, 6) is -3.40. The van der Waals surface area contributed by atoms with Crippen LogP contribution in [0.5, 0.6) is 0 Å². The lowest BCUT2D eigenvalue weighted by atomic mass is 10.3. The predicted molar refractivity (Wildman–Crippen MR) is 69.1 cm³/mol. The van der Waals surface area contributed by atoms with Gasteiger partial charge < -0.3 is 5.32 Å². The van der Waals surface area contributed by atoms with Crippen LogP contribution in [0.15, 0.2) is 40.9 Å². The molecule has 0 radical (unpaired) electrons. The van der Waals surface area contributed by atoms with E-state index in [1.165, 1.54) is 23.5 Å². The van der Waals surface area contributed by atoms with E-state index in [-0.39, 0.29) is 4.90 Å². The number of thiazole rings is 1. The minimum atomic E-state index is -4.52. The largest absolute Gasteiger partial charge is 0.380 e. The van der Waals surface area contributed by atoms with Crippen molar-refractivity contribution in [3.05, 3.63) is 40.8 Å². The standard InChI is InChI=1S/C11H10F2N2O2S2/c12-11(13)19(16,17)10-3-1-8(2-4-10)15-6-9-5-14-7-18-9/h1-5,7,11,15H,6H2. The van der Waals surface area contributed by atoms with E-state index in [4.69, 9.17) is 0 Å². The van der Waals surface area contributed by atoms with Crippen LogP contribution in [-0.2, 0) is 16.4 Å². The zero-order valence-corrected chi connectivity index (χ0v) is 11.2. The Balaban J connectivity index is 2.07. The highest BCUT2D eigenvalue weighted by molar-refractivity contribution is 7.91. The van der Waals surface area contributed by atoms with Crippen molar-refractivity contribution in [2.45, 2.75) is 17.2 Å². The third kappa shape index (κ3) is 3.27. The minimum absolute atomic E-state index is 0.383. The van der Waals surface area contributed by atoms with E-state index < -0.39 is 15.6 Å². The maximum absolute atomic E-state index is 12.3. The number of sulfone groups is 1. The van der Waals surface area contributed by atoms with E-state index in [0.29, 0.717) is 12.2 Å². The first-order valence-corrected chi connectivity index (χ1v) is 7.66. The highest BCUT2D eigenvalue weighted by Gasteiger charge is 2.26. The number of alkyl halides is 2. The summed E-state index contributed by atoms with van der Waals surface area (Å²) in [6, 6.07) is 5.24. The number of rotatable bonds is 5. The topological polar surface area (TPSA) is 59.1 Å². The SMILES string of the molecule is O=S(=O)(c1ccc(NCc2cncs2)cc1)C(F)F. The molecule has 0 amide bonds. The third-order valence-corrected chi connectivity index (χ3v) is 4.55. The maximum atomic E-state index is 12.3. The van der Waals surface area contributed by atoms with Gasteiger partial charge in [-0.05, 0) is 24.3 Å². The van der Waals surface area contributed by atoms with Gasteiger partial charge >= 0.3 is 5.76 Å². The van der Waals surface area contributed by atoms with Gasteiger partial charge in [0.1, 0.15) is 0 Å². The molecule has 8 heteroatoms. The smallest absolute Gasteiger partial charge is 0.341 e. The molecule has 0 aliphatic heterocycles. The lowest BCUT2D eigenvalue weighted by Crippen LogP contribution is -2.11. The van der Waals surface area contributed by atoms with Gasteiger partial charge in [0.2, 0.25) is 9.84 Å². The van der Waals surface area contributed by atoms with Gasteiger partial charge in [0.05, 0.1) is 17.0 Å². The molecule has 0 fully saturated rings. The number of nitrogens with one attached hydrogen (secondary N) is 1. The number of halogens is 2. The second kappa shape index (κ2) is 5.62. The zero-order chi connectivity index (χ0) is 13.9. The Labute approximate surface area is 113 Å². The molecule has 1 aromatic carbocycles. The number of aromatic nitrogens is 1. The van der Waals surface area contributed by atoms with Crippen molar-refractivity contribution in [2.75, 3.05) is 5.32 Å². The lowest BCUT2D eigenvalue weighted by Gasteiger charge is -2.06. The van der Waals surface area contributed by atoms with E-state index in [1.54, 1.807) is 11.7 Å². The van der Waals surface area contributed by atoms with Gasteiger partial charge in [0.25, 0.3) is 0 Å². The molecule has 2 rings (SSSR count). The van der Waals surface area contributed by atoms with Gasteiger partial charge in [0, 0.05) is 16.8 Å². The van der Waals surface area contributed by atoms with Crippen molar-refractivity contribution in [3.63, 3.8) is 0 Å². The first-order valence-electron chi connectivity index (χ1n) is 5.23. The molecule has 1 N–H and O–H groups in total. The van der Waals surface area contributed by atoms with E-state index in [2.05, 4.69) is 10.3 Å². The molecule has 2 aromatic rings. The second-order valence-corrected chi connectivity index (χ2v) is 6.54. The molecule has 0 atom stereocenters. The van der Waals surface area contributed by atoms with Crippen LogP contribution in [0.2, 0.25) is 0 Å². The fourth-order valence-corrected chi connectivity index (χ4v) is 2.64. The molecule has 0 saturated carbocycles. The molecule has 1 heterocycles. The number of nitrogens with zero attached hydrogens (tertiary/aromatic N) is 1. The number of hydrogen-bond acceptors (Lipinski definition) is 5. The molecule has 102 valence electrons. The van der Waals surface area contributed by atoms with Crippen molar-refractivity contribution in [1.82, 2.24) is 4.98 Å². The first kappa shape index (κ1) is 13.9. The molecule has 0 spiro atoms. The quantitative estimate of drug-likeness (QED) is 0.922. The monoisotopic (exact) mass is 304 g/mol. The van der Waals surface area contributed by atoms with Gasteiger partial charge in [0.15, 0.2) is 0 Å². The highest BCUT2D eigenvalue weighted by atomic mass is 32.2. The summed E-state index contributed by atoms with van der Waals surface area (Å²) in [5.41, 5.74) is 2.36. The lowest BCUT2D eigenvalue weighted by molar-refractivity contribution is 0.234. The molecule has 0 unspecified atom stereocenters. The van der Waals surface area contributed by atoms with Crippen molar-refractivity contribution in [3.8, 4) is 0 Å². The van der Waals surface area contributed by atoms with Gasteiger partial charge in [-0.1, -0.05) is 0 Å². The van der Waals surface area contributed by atoms with Crippen LogP contribution in [0.3, 0.4) is 0 Å². The van der Waals surface area contributed by atoms with E-state index in [0.717, 1.165) is 17.0 Å². The van der Waals surface area contributed by atoms with Crippen LogP contribution in [0.4, 0.5) is 14.5 Å². The van der Waals surface area contributed by atoms with Gasteiger partial charge in [-0.15, -0.1) is 11.3 Å².